The van der Waals surface area contributed by atoms with Crippen LogP contribution >= 0.6 is 0 Å². The van der Waals surface area contributed by atoms with E-state index in [9.17, 15) is 53.4 Å². The topological polar surface area (TPSA) is 258 Å². The summed E-state index contributed by atoms with van der Waals surface area (Å²) in [6, 6.07) is 4.54. The third kappa shape index (κ3) is 8.22. The quantitative estimate of drug-likeness (QED) is 0.0877. The molecule has 7 amide bonds. The van der Waals surface area contributed by atoms with Crippen LogP contribution in [0, 0.1) is 23.7 Å². The lowest BCUT2D eigenvalue weighted by molar-refractivity contribution is -0.143. The Morgan fingerprint density at radius 1 is 0.793 bits per heavy atom. The molecule has 6 rings (SSSR count). The minimum absolute atomic E-state index is 0.000594. The number of nitrogens with zero attached hydrogens (tertiary/aromatic N) is 2. The molecule has 2 unspecified atom stereocenters. The normalized spacial score (nSPS) is 18.6. The summed E-state index contributed by atoms with van der Waals surface area (Å²) in [5.41, 5.74) is 0.0851. The molecule has 18 heteroatoms. The fraction of sp³-hybridized carbons (Fsp3) is 0.475. The van der Waals surface area contributed by atoms with Crippen LogP contribution in [0.15, 0.2) is 18.2 Å². The third-order valence-corrected chi connectivity index (χ3v) is 11.2. The van der Waals surface area contributed by atoms with Gasteiger partial charge in [0.25, 0.3) is 0 Å². The van der Waals surface area contributed by atoms with Gasteiger partial charge >= 0.3 is 0 Å². The number of imide groups is 1. The molecule has 0 bridgehead atoms. The first-order valence-electron chi connectivity index (χ1n) is 19.2. The van der Waals surface area contributed by atoms with Crippen LogP contribution in [0.1, 0.15) is 76.1 Å². The standard InChI is InChI=1S/C40H46N6O12/c1-19(2)24-12-31(51)46(40(24)57)10-9-27(47)42-14-29(49)44-16-30(50)43-15-28(48)41-13-20-17-45(18-20)39(56)21-7-8-22-25(11-21)37(54)33-34(35(22)52)38(55)32-23(36(33)53)5-4-6-26(32)58-3/h4-6,19-21,24,52,54H,7-18H2,1-3H3,(H,41,48)(H,42,47)(H,43,50)(H,44,49). The third-order valence-electron chi connectivity index (χ3n) is 11.2. The van der Waals surface area contributed by atoms with Crippen LogP contribution in [-0.2, 0) is 46.4 Å². The van der Waals surface area contributed by atoms with E-state index in [1.165, 1.54) is 19.2 Å². The van der Waals surface area contributed by atoms with E-state index in [2.05, 4.69) is 21.3 Å². The average molecular weight is 803 g/mol. The number of ether oxygens (including phenoxy) is 1. The minimum Gasteiger partial charge on any atom is -0.507 e. The fourth-order valence-corrected chi connectivity index (χ4v) is 7.90. The summed E-state index contributed by atoms with van der Waals surface area (Å²) >= 11 is 0. The smallest absolute Gasteiger partial charge is 0.239 e. The number of hydrogen-bond acceptors (Lipinski definition) is 12. The Hall–Kier alpha value is -6.33. The van der Waals surface area contributed by atoms with Gasteiger partial charge in [-0.25, -0.2) is 0 Å². The van der Waals surface area contributed by atoms with Gasteiger partial charge in [0.2, 0.25) is 47.1 Å². The van der Waals surface area contributed by atoms with Crippen molar-refractivity contribution in [1.29, 1.82) is 0 Å². The van der Waals surface area contributed by atoms with Crippen molar-refractivity contribution < 1.29 is 58.1 Å². The summed E-state index contributed by atoms with van der Waals surface area (Å²) in [7, 11) is 1.36. The number of likely N-dealkylation sites (tertiary alicyclic amines) is 2. The molecule has 0 radical (unpaired) electrons. The summed E-state index contributed by atoms with van der Waals surface area (Å²) in [4.78, 5) is 116. The van der Waals surface area contributed by atoms with E-state index in [1.807, 2.05) is 13.8 Å². The second-order valence-electron chi connectivity index (χ2n) is 15.3. The number of hydrogen-bond donors (Lipinski definition) is 6. The highest BCUT2D eigenvalue weighted by Crippen LogP contribution is 2.47. The molecule has 2 fully saturated rings. The van der Waals surface area contributed by atoms with Crippen molar-refractivity contribution in [2.75, 3.05) is 52.9 Å². The maximum absolute atomic E-state index is 13.5. The van der Waals surface area contributed by atoms with Gasteiger partial charge in [0.05, 0.1) is 43.4 Å². The number of methoxy groups -OCH3 is 1. The van der Waals surface area contributed by atoms with Gasteiger partial charge in [-0.2, -0.15) is 0 Å². The van der Waals surface area contributed by atoms with Crippen molar-refractivity contribution in [1.82, 2.24) is 31.1 Å². The zero-order valence-electron chi connectivity index (χ0n) is 32.4. The van der Waals surface area contributed by atoms with E-state index in [-0.39, 0.29) is 114 Å². The highest BCUT2D eigenvalue weighted by Gasteiger charge is 2.43. The van der Waals surface area contributed by atoms with Crippen molar-refractivity contribution in [2.45, 2.75) is 46.0 Å². The Kier molecular flexibility index (Phi) is 12.1. The predicted octanol–water partition coefficient (Wildman–Crippen LogP) is -0.669. The molecule has 2 saturated heterocycles. The second kappa shape index (κ2) is 17.0. The Labute approximate surface area is 333 Å². The molecule has 2 aromatic carbocycles. The molecule has 2 aromatic rings. The van der Waals surface area contributed by atoms with Gasteiger partial charge in [0.1, 0.15) is 17.2 Å². The van der Waals surface area contributed by atoms with Gasteiger partial charge in [-0.1, -0.05) is 26.0 Å². The first-order chi connectivity index (χ1) is 27.6. The van der Waals surface area contributed by atoms with Crippen LogP contribution in [0.2, 0.25) is 0 Å². The molecule has 2 heterocycles. The number of amides is 7. The summed E-state index contributed by atoms with van der Waals surface area (Å²) < 4.78 is 5.28. The molecule has 2 aliphatic carbocycles. The molecule has 0 saturated carbocycles. The second-order valence-corrected chi connectivity index (χ2v) is 15.3. The molecule has 18 nitrogen and oxygen atoms in total. The summed E-state index contributed by atoms with van der Waals surface area (Å²) in [6.07, 6.45) is 0.544. The number of phenolic OH excluding ortho intramolecular Hbond substituents is 2. The first-order valence-corrected chi connectivity index (χ1v) is 19.2. The predicted molar refractivity (Wildman–Crippen MR) is 202 cm³/mol. The maximum Gasteiger partial charge on any atom is 0.239 e. The van der Waals surface area contributed by atoms with Crippen molar-refractivity contribution in [3.05, 3.63) is 51.6 Å². The molecular formula is C40H46N6O12. The number of rotatable bonds is 14. The number of fused-ring (bicyclic) bond motifs is 3. The van der Waals surface area contributed by atoms with Gasteiger partial charge in [0.15, 0.2) is 5.78 Å². The van der Waals surface area contributed by atoms with Crippen LogP contribution < -0.4 is 26.0 Å². The largest absolute Gasteiger partial charge is 0.507 e. The van der Waals surface area contributed by atoms with Crippen LogP contribution in [0.25, 0.3) is 0 Å². The highest BCUT2D eigenvalue weighted by atomic mass is 16.5. The van der Waals surface area contributed by atoms with Crippen molar-refractivity contribution in [3.8, 4) is 17.2 Å². The van der Waals surface area contributed by atoms with Crippen molar-refractivity contribution in [2.24, 2.45) is 23.7 Å². The minimum atomic E-state index is -0.657. The van der Waals surface area contributed by atoms with E-state index in [0.717, 1.165) is 4.90 Å². The lowest BCUT2D eigenvalue weighted by Gasteiger charge is -2.42. The number of nitrogens with one attached hydrogen (secondary N) is 4. The van der Waals surface area contributed by atoms with Gasteiger partial charge in [-0.05, 0) is 31.2 Å². The van der Waals surface area contributed by atoms with Gasteiger partial charge in [-0.3, -0.25) is 48.1 Å². The number of phenols is 2. The number of carbonyl (C=O) groups excluding carboxylic acids is 9. The summed E-state index contributed by atoms with van der Waals surface area (Å²) in [5.74, 6) is -6.02. The molecule has 2 atom stereocenters. The molecule has 2 aliphatic heterocycles. The summed E-state index contributed by atoms with van der Waals surface area (Å²) in [5, 5.41) is 32.3. The monoisotopic (exact) mass is 802 g/mol. The Morgan fingerprint density at radius 2 is 1.40 bits per heavy atom. The molecule has 0 aromatic heterocycles. The number of benzene rings is 2. The van der Waals surface area contributed by atoms with E-state index in [0.29, 0.717) is 25.1 Å². The zero-order valence-corrected chi connectivity index (χ0v) is 32.4. The van der Waals surface area contributed by atoms with Crippen LogP contribution in [0.5, 0.6) is 17.2 Å². The Morgan fingerprint density at radius 3 is 2.02 bits per heavy atom. The van der Waals surface area contributed by atoms with Crippen molar-refractivity contribution >= 4 is 52.9 Å². The van der Waals surface area contributed by atoms with Gasteiger partial charge < -0.3 is 41.1 Å². The lowest BCUT2D eigenvalue weighted by Crippen LogP contribution is -2.56. The zero-order chi connectivity index (χ0) is 42.0. The molecule has 6 N–H and O–H groups in total. The highest BCUT2D eigenvalue weighted by molar-refractivity contribution is 6.31. The number of ketones is 2. The van der Waals surface area contributed by atoms with Gasteiger partial charge in [0, 0.05) is 73.5 Å². The number of carbonyl (C=O) groups is 9. The van der Waals surface area contributed by atoms with Crippen molar-refractivity contribution in [3.63, 3.8) is 0 Å². The Balaban J connectivity index is 0.880. The average Bonchev–Trinajstić information content (AvgIpc) is 3.48. The van der Waals surface area contributed by atoms with Gasteiger partial charge in [-0.15, -0.1) is 0 Å². The lowest BCUT2D eigenvalue weighted by atomic mass is 9.75. The van der Waals surface area contributed by atoms with E-state index >= 15 is 0 Å². The molecular weight excluding hydrogens is 756 g/mol. The van der Waals surface area contributed by atoms with E-state index in [1.54, 1.807) is 11.0 Å². The molecule has 4 aliphatic rings. The number of aromatic hydroxyl groups is 2. The van der Waals surface area contributed by atoms with Crippen LogP contribution in [0.3, 0.4) is 0 Å². The molecule has 308 valence electrons. The summed E-state index contributed by atoms with van der Waals surface area (Å²) in [6.45, 7) is 3.33. The fourth-order valence-electron chi connectivity index (χ4n) is 7.90. The first kappa shape index (κ1) is 41.3. The van der Waals surface area contributed by atoms with E-state index < -0.39 is 65.9 Å². The maximum atomic E-state index is 13.5. The SMILES string of the molecule is COc1cccc2c1C(=O)c1c(O)c3c(c(O)c1C2=O)CC(C(=O)N1CC(CNC(=O)CNC(=O)CNC(=O)CNC(=O)CCN2C(=O)CC(C(C)C)C2=O)C1)CC3. The Bertz CT molecular complexity index is 2110. The molecule has 0 spiro atoms. The van der Waals surface area contributed by atoms with E-state index in [4.69, 9.17) is 4.74 Å². The van der Waals surface area contributed by atoms with Crippen LogP contribution in [-0.4, -0.2) is 126 Å². The van der Waals surface area contributed by atoms with Crippen LogP contribution in [0.4, 0.5) is 0 Å². The molecule has 58 heavy (non-hydrogen) atoms.